The van der Waals surface area contributed by atoms with Crippen LogP contribution in [0, 0.1) is 7.43 Å². The van der Waals surface area contributed by atoms with Crippen LogP contribution in [0.25, 0.3) is 0 Å². The molecule has 67 heavy (non-hydrogen) atoms. The number of fused-ring (bicyclic) bond motifs is 9. The third-order valence-electron chi connectivity index (χ3n) is 11.7. The van der Waals surface area contributed by atoms with Crippen molar-refractivity contribution in [2.75, 3.05) is 55.5 Å². The Bertz CT molecular complexity index is 1660. The van der Waals surface area contributed by atoms with Gasteiger partial charge >= 0.3 is 23.1 Å². The van der Waals surface area contributed by atoms with Crippen LogP contribution in [0.2, 0.25) is 0 Å². The summed E-state index contributed by atoms with van der Waals surface area (Å²) in [5.74, 6) is -2.03. The van der Waals surface area contributed by atoms with Crippen molar-refractivity contribution in [1.29, 1.82) is 0 Å². The molecule has 0 unspecified atom stereocenters. The number of ether oxygens (including phenoxy) is 10. The van der Waals surface area contributed by atoms with E-state index in [4.69, 9.17) is 57.4 Å². The zero-order valence-electron chi connectivity index (χ0n) is 41.6. The van der Waals surface area contributed by atoms with E-state index in [-0.39, 0.29) is 126 Å². The number of aldehydes is 1. The molecule has 24 heteroatoms. The van der Waals surface area contributed by atoms with Gasteiger partial charge in [-0.15, -0.1) is 0 Å². The van der Waals surface area contributed by atoms with Crippen LogP contribution < -0.4 is 12.4 Å². The summed E-state index contributed by atoms with van der Waals surface area (Å²) in [6.07, 6.45) is -0.719. The summed E-state index contributed by atoms with van der Waals surface area (Å²) in [6.45, 7) is 16.7. The fourth-order valence-electron chi connectivity index (χ4n) is 8.95. The second-order valence-corrected chi connectivity index (χ2v) is 22.5. The van der Waals surface area contributed by atoms with Gasteiger partial charge in [-0.25, -0.2) is 0 Å². The van der Waals surface area contributed by atoms with Crippen molar-refractivity contribution in [1.82, 2.24) is 14.7 Å². The van der Waals surface area contributed by atoms with E-state index in [2.05, 4.69) is 4.99 Å². The van der Waals surface area contributed by atoms with Crippen LogP contribution in [-0.4, -0.2) is 244 Å². The number of aliphatic imine (C=N–C) groups is 3. The Morgan fingerprint density at radius 1 is 0.567 bits per heavy atom. The SMILES string of the molecule is C1CCOC1.CN(C)C1=N[C@@H]2[C@H]3OC(C)(C)O[C@@H]3[C@@H](C=O)O[C@@H]2S1.C[C@@H](O)[C@H]1O[C@@H]2SC(N(C)C)=N[C@@H]2[C@H]2OC(C)(C)O[C@@H]21.C[C@H](O)[C@H]1O[C@@H]2SC(N(C)C)=N[C@@H]2[C@H]2OC(C)(C)O[C@@H]21.[CH3-].[Cl-].[Mg+2]. The van der Waals surface area contributed by atoms with Gasteiger partial charge in [0, 0.05) is 55.5 Å². The minimum Gasteiger partial charge on any atom is -1.00 e. The van der Waals surface area contributed by atoms with Gasteiger partial charge in [-0.3, -0.25) is 15.0 Å². The van der Waals surface area contributed by atoms with Crippen LogP contribution in [-0.2, 0) is 52.2 Å². The maximum atomic E-state index is 11.2. The molecule has 10 rings (SSSR count). The fourth-order valence-corrected chi connectivity index (χ4v) is 12.4. The predicted molar refractivity (Wildman–Crippen MR) is 257 cm³/mol. The molecule has 0 saturated carbocycles. The van der Waals surface area contributed by atoms with E-state index in [1.54, 1.807) is 37.4 Å². The van der Waals surface area contributed by atoms with E-state index in [9.17, 15) is 15.0 Å². The number of aliphatic hydroxyl groups is 2. The fraction of sp³-hybridized carbons (Fsp3) is 0.884. The van der Waals surface area contributed by atoms with Crippen molar-refractivity contribution in [3.8, 4) is 0 Å². The van der Waals surface area contributed by atoms with Crippen LogP contribution in [0.5, 0.6) is 0 Å². The Morgan fingerprint density at radius 2 is 0.866 bits per heavy atom. The van der Waals surface area contributed by atoms with Crippen LogP contribution in [0.4, 0.5) is 0 Å². The molecule has 2 N–H and O–H groups in total. The number of amidine groups is 3. The number of thioether (sulfide) groups is 3. The van der Waals surface area contributed by atoms with E-state index < -0.39 is 35.7 Å². The smallest absolute Gasteiger partial charge is 1.00 e. The van der Waals surface area contributed by atoms with Crippen LogP contribution >= 0.6 is 35.3 Å². The molecule has 10 heterocycles. The Labute approximate surface area is 432 Å². The molecule has 0 bridgehead atoms. The van der Waals surface area contributed by atoms with Crippen LogP contribution in [0.15, 0.2) is 15.0 Å². The van der Waals surface area contributed by atoms with E-state index >= 15 is 0 Å². The van der Waals surface area contributed by atoms with Gasteiger partial charge in [0.2, 0.25) is 0 Å². The number of halogens is 1. The molecular weight excluding hydrogens is 964 g/mol. The van der Waals surface area contributed by atoms with E-state index in [0.29, 0.717) is 0 Å². The molecule has 0 aromatic carbocycles. The number of hydrogen-bond donors (Lipinski definition) is 2. The molecule has 0 spiro atoms. The molecule has 7 saturated heterocycles. The zero-order valence-corrected chi connectivity index (χ0v) is 46.2. The van der Waals surface area contributed by atoms with Gasteiger partial charge in [-0.2, -0.15) is 0 Å². The summed E-state index contributed by atoms with van der Waals surface area (Å²) in [6, 6.07) is -0.288. The summed E-state index contributed by atoms with van der Waals surface area (Å²) in [5, 5.41) is 22.7. The Morgan fingerprint density at radius 3 is 1.15 bits per heavy atom. The van der Waals surface area contributed by atoms with Gasteiger partial charge in [0.1, 0.15) is 89.4 Å². The third kappa shape index (κ3) is 13.5. The first-order valence-electron chi connectivity index (χ1n) is 22.2. The second-order valence-electron chi connectivity index (χ2n) is 19.3. The molecular formula is C43H73ClMgN6O13S3. The van der Waals surface area contributed by atoms with Crippen molar-refractivity contribution < 1.29 is 74.8 Å². The van der Waals surface area contributed by atoms with Gasteiger partial charge in [-0.05, 0) is 68.2 Å². The molecule has 17 atom stereocenters. The number of hydrogen-bond acceptors (Lipinski definition) is 22. The molecule has 0 aromatic heterocycles. The molecule has 0 radical (unpaired) electrons. The van der Waals surface area contributed by atoms with Crippen LogP contribution in [0.3, 0.4) is 0 Å². The number of rotatable bonds is 3. The molecule has 0 aliphatic carbocycles. The largest absolute Gasteiger partial charge is 2.00 e. The third-order valence-corrected chi connectivity index (χ3v) is 15.6. The summed E-state index contributed by atoms with van der Waals surface area (Å²) >= 11 is 4.69. The number of carbonyl (C=O) groups excluding carboxylic acids is 1. The van der Waals surface area contributed by atoms with Crippen molar-refractivity contribution in [3.05, 3.63) is 7.43 Å². The van der Waals surface area contributed by atoms with Gasteiger partial charge in [0.05, 0.1) is 12.2 Å². The molecule has 0 aromatic rings. The molecule has 7 fully saturated rings. The Kier molecular flexibility index (Phi) is 21.0. The standard InChI is InChI=1S/2C13H22N2O4S.C12H18N2O4S.C4H8O.CH3.ClH.Mg/c2*1-6(16)8-10-9(18-13(2,3)19-10)7-11(17-8)20-12(14-7)15(4)5;1-12(2)17-8-6(5-15)16-10-7(9(8)18-12)13-11(19-10)14(3)4;1-2-4-5-3-1;;;/h2*6-11,16H,1-5H3;5-10H,1-4H3;1-4H2;1H3;1H;/q;;;;-1;;+2/p-1/t6-,7+,8+,9+,10+,11+;6-,7-,8-,9-,10-,11-;6-,7-,8-,9-,10-;;;;/m011..../s1. The average Bonchev–Trinajstić information content (AvgIpc) is 4.05. The van der Waals surface area contributed by atoms with Gasteiger partial charge in [-0.1, -0.05) is 35.3 Å². The van der Waals surface area contributed by atoms with Crippen molar-refractivity contribution in [2.24, 2.45) is 15.0 Å². The summed E-state index contributed by atoms with van der Waals surface area (Å²) in [5.41, 5.74) is -0.414. The monoisotopic (exact) mass is 1040 g/mol. The van der Waals surface area contributed by atoms with Crippen LogP contribution in [0.1, 0.15) is 68.2 Å². The van der Waals surface area contributed by atoms with Gasteiger partial charge in [0.15, 0.2) is 39.2 Å². The van der Waals surface area contributed by atoms with E-state index in [1.165, 1.54) is 24.6 Å². The van der Waals surface area contributed by atoms with Crippen molar-refractivity contribution in [2.45, 2.75) is 187 Å². The maximum absolute atomic E-state index is 11.2. The average molecular weight is 1040 g/mol. The first-order valence-corrected chi connectivity index (χ1v) is 24.8. The molecule has 10 aliphatic rings. The van der Waals surface area contributed by atoms with Crippen molar-refractivity contribution >= 4 is 80.1 Å². The first-order chi connectivity index (χ1) is 30.0. The molecule has 10 aliphatic heterocycles. The minimum atomic E-state index is -0.699. The van der Waals surface area contributed by atoms with Crippen molar-refractivity contribution in [3.63, 3.8) is 0 Å². The number of carbonyl (C=O) groups is 1. The number of aliphatic hydroxyl groups excluding tert-OH is 2. The topological polar surface area (TPSA) is 197 Å². The minimum absolute atomic E-state index is 0. The zero-order chi connectivity index (χ0) is 46.6. The quantitative estimate of drug-likeness (QED) is 0.211. The Hall–Kier alpha value is -0.294. The van der Waals surface area contributed by atoms with Gasteiger partial charge in [0.25, 0.3) is 0 Å². The second kappa shape index (κ2) is 23.7. The maximum Gasteiger partial charge on any atom is 2.00 e. The summed E-state index contributed by atoms with van der Waals surface area (Å²) in [4.78, 5) is 31.1. The normalized spacial score (nSPS) is 40.2. The molecule has 19 nitrogen and oxygen atoms in total. The number of nitrogens with zero attached hydrogens (tertiary/aromatic N) is 6. The first kappa shape index (κ1) is 59.3. The predicted octanol–water partition coefficient (Wildman–Crippen LogP) is -0.376. The van der Waals surface area contributed by atoms with E-state index in [1.807, 2.05) is 98.5 Å². The van der Waals surface area contributed by atoms with E-state index in [0.717, 1.165) is 35.0 Å². The Balaban J connectivity index is 0.000000204. The summed E-state index contributed by atoms with van der Waals surface area (Å²) in [7, 11) is 11.7. The molecule has 0 amide bonds. The van der Waals surface area contributed by atoms with Gasteiger partial charge < -0.3 is 96.9 Å². The molecule has 380 valence electrons. The summed E-state index contributed by atoms with van der Waals surface area (Å²) < 4.78 is 58.4.